The molecule has 2 rings (SSSR count). The van der Waals surface area contributed by atoms with Crippen LogP contribution in [0.5, 0.6) is 5.75 Å². The van der Waals surface area contributed by atoms with Crippen molar-refractivity contribution in [1.82, 2.24) is 4.90 Å². The summed E-state index contributed by atoms with van der Waals surface area (Å²) in [6, 6.07) is 8.81. The number of nitrogens with zero attached hydrogens (tertiary/aromatic N) is 1. The summed E-state index contributed by atoms with van der Waals surface area (Å²) in [7, 11) is 0. The fraction of sp³-hybridized carbons (Fsp3) is 0.600. The van der Waals surface area contributed by atoms with Crippen LogP contribution in [0.1, 0.15) is 51.1 Å². The number of hydrogen-bond donors (Lipinski definition) is 1. The molecule has 1 aliphatic carbocycles. The van der Waals surface area contributed by atoms with Gasteiger partial charge < -0.3 is 5.11 Å². The lowest BCUT2D eigenvalue weighted by atomic mass is 10.0. The van der Waals surface area contributed by atoms with Crippen molar-refractivity contribution >= 4 is 0 Å². The second-order valence-electron chi connectivity index (χ2n) is 5.04. The lowest BCUT2D eigenvalue weighted by Crippen LogP contribution is -2.35. The number of phenols is 1. The van der Waals surface area contributed by atoms with Gasteiger partial charge >= 0.3 is 0 Å². The van der Waals surface area contributed by atoms with Crippen LogP contribution in [0.4, 0.5) is 0 Å². The fourth-order valence-electron chi connectivity index (χ4n) is 3.06. The number of hydrogen-bond acceptors (Lipinski definition) is 2. The van der Waals surface area contributed by atoms with Crippen molar-refractivity contribution in [3.63, 3.8) is 0 Å². The van der Waals surface area contributed by atoms with Crippen LogP contribution >= 0.6 is 0 Å². The normalized spacial score (nSPS) is 18.8. The van der Waals surface area contributed by atoms with Gasteiger partial charge in [0.2, 0.25) is 0 Å². The van der Waals surface area contributed by atoms with E-state index in [4.69, 9.17) is 0 Å². The van der Waals surface area contributed by atoms with Gasteiger partial charge in [0.15, 0.2) is 0 Å². The zero-order valence-corrected chi connectivity index (χ0v) is 10.9. The van der Waals surface area contributed by atoms with Crippen LogP contribution in [0.25, 0.3) is 0 Å². The van der Waals surface area contributed by atoms with Crippen LogP contribution in [0.3, 0.4) is 0 Å². The highest BCUT2D eigenvalue weighted by Crippen LogP contribution is 2.31. The summed E-state index contributed by atoms with van der Waals surface area (Å²) in [6.45, 7) is 5.57. The fourth-order valence-corrected chi connectivity index (χ4v) is 3.06. The maximum Gasteiger partial charge on any atom is 0.115 e. The summed E-state index contributed by atoms with van der Waals surface area (Å²) < 4.78 is 0. The third-order valence-electron chi connectivity index (χ3n) is 4.01. The topological polar surface area (TPSA) is 23.5 Å². The summed E-state index contributed by atoms with van der Waals surface area (Å²) >= 11 is 0. The zero-order chi connectivity index (χ0) is 12.3. The molecule has 2 heteroatoms. The van der Waals surface area contributed by atoms with Crippen molar-refractivity contribution in [1.29, 1.82) is 0 Å². The van der Waals surface area contributed by atoms with E-state index in [9.17, 15) is 5.11 Å². The van der Waals surface area contributed by atoms with Gasteiger partial charge in [0.25, 0.3) is 0 Å². The number of phenolic OH excluding ortho intramolecular Hbond substituents is 1. The smallest absolute Gasteiger partial charge is 0.115 e. The standard InChI is InChI=1S/C15H23NO/c1-3-16(14-8-4-5-9-14)12(2)13-7-6-10-15(17)11-13/h6-7,10-12,14,17H,3-5,8-9H2,1-2H3. The first-order chi connectivity index (χ1) is 8.22. The maximum atomic E-state index is 9.56. The van der Waals surface area contributed by atoms with E-state index in [0.29, 0.717) is 11.8 Å². The average Bonchev–Trinajstić information content (AvgIpc) is 2.83. The minimum Gasteiger partial charge on any atom is -0.508 e. The van der Waals surface area contributed by atoms with E-state index in [1.54, 1.807) is 6.07 Å². The third-order valence-corrected chi connectivity index (χ3v) is 4.01. The van der Waals surface area contributed by atoms with Crippen LogP contribution in [0.15, 0.2) is 24.3 Å². The van der Waals surface area contributed by atoms with Crippen LogP contribution in [-0.2, 0) is 0 Å². The van der Waals surface area contributed by atoms with Crippen molar-refractivity contribution in [3.8, 4) is 5.75 Å². The maximum absolute atomic E-state index is 9.56. The molecule has 0 heterocycles. The van der Waals surface area contributed by atoms with Crippen LogP contribution < -0.4 is 0 Å². The van der Waals surface area contributed by atoms with E-state index in [1.165, 1.54) is 31.2 Å². The predicted octanol–water partition coefficient (Wildman–Crippen LogP) is 3.72. The van der Waals surface area contributed by atoms with Gasteiger partial charge in [0.05, 0.1) is 0 Å². The zero-order valence-electron chi connectivity index (χ0n) is 10.9. The van der Waals surface area contributed by atoms with Gasteiger partial charge in [-0.1, -0.05) is 31.9 Å². The van der Waals surface area contributed by atoms with Crippen LogP contribution in [-0.4, -0.2) is 22.6 Å². The highest BCUT2D eigenvalue weighted by atomic mass is 16.3. The van der Waals surface area contributed by atoms with Crippen molar-refractivity contribution in [2.24, 2.45) is 0 Å². The van der Waals surface area contributed by atoms with Crippen molar-refractivity contribution in [3.05, 3.63) is 29.8 Å². The van der Waals surface area contributed by atoms with E-state index in [2.05, 4.69) is 24.8 Å². The molecule has 0 bridgehead atoms. The Hall–Kier alpha value is -1.02. The molecule has 0 saturated heterocycles. The minimum atomic E-state index is 0.372. The second kappa shape index (κ2) is 5.54. The number of benzene rings is 1. The Bertz CT molecular complexity index is 358. The molecule has 17 heavy (non-hydrogen) atoms. The van der Waals surface area contributed by atoms with Crippen molar-refractivity contribution < 1.29 is 5.11 Å². The monoisotopic (exact) mass is 233 g/mol. The molecular formula is C15H23NO. The van der Waals surface area contributed by atoms with Gasteiger partial charge in [-0.2, -0.15) is 0 Å². The second-order valence-corrected chi connectivity index (χ2v) is 5.04. The SMILES string of the molecule is CCN(C1CCCC1)C(C)c1cccc(O)c1. The van der Waals surface area contributed by atoms with E-state index >= 15 is 0 Å². The first-order valence-electron chi connectivity index (χ1n) is 6.77. The Morgan fingerprint density at radius 1 is 1.35 bits per heavy atom. The van der Waals surface area contributed by atoms with Gasteiger partial charge in [-0.05, 0) is 44.0 Å². The number of rotatable bonds is 4. The molecule has 94 valence electrons. The van der Waals surface area contributed by atoms with E-state index < -0.39 is 0 Å². The molecule has 1 saturated carbocycles. The first-order valence-corrected chi connectivity index (χ1v) is 6.77. The molecule has 1 unspecified atom stereocenters. The summed E-state index contributed by atoms with van der Waals surface area (Å²) in [5.74, 6) is 0.372. The third kappa shape index (κ3) is 2.81. The molecular weight excluding hydrogens is 210 g/mol. The van der Waals surface area contributed by atoms with Gasteiger partial charge in [0, 0.05) is 12.1 Å². The lowest BCUT2D eigenvalue weighted by Gasteiger charge is -2.33. The molecule has 1 aliphatic rings. The Balaban J connectivity index is 2.13. The summed E-state index contributed by atoms with van der Waals surface area (Å²) in [6.07, 6.45) is 5.40. The van der Waals surface area contributed by atoms with Crippen LogP contribution in [0, 0.1) is 0 Å². The Morgan fingerprint density at radius 2 is 2.06 bits per heavy atom. The molecule has 1 atom stereocenters. The van der Waals surface area contributed by atoms with Gasteiger partial charge in [-0.15, -0.1) is 0 Å². The van der Waals surface area contributed by atoms with Crippen LogP contribution in [0.2, 0.25) is 0 Å². The molecule has 2 nitrogen and oxygen atoms in total. The molecule has 1 fully saturated rings. The first kappa shape index (κ1) is 12.4. The highest BCUT2D eigenvalue weighted by molar-refractivity contribution is 5.29. The van der Waals surface area contributed by atoms with Gasteiger partial charge in [-0.25, -0.2) is 0 Å². The van der Waals surface area contributed by atoms with Gasteiger partial charge in [0.1, 0.15) is 5.75 Å². The summed E-state index contributed by atoms with van der Waals surface area (Å²) in [5, 5.41) is 9.56. The van der Waals surface area contributed by atoms with E-state index in [0.717, 1.165) is 12.6 Å². The molecule has 0 aromatic heterocycles. The number of aromatic hydroxyl groups is 1. The van der Waals surface area contributed by atoms with E-state index in [1.807, 2.05) is 12.1 Å². The molecule has 0 spiro atoms. The largest absolute Gasteiger partial charge is 0.508 e. The Kier molecular flexibility index (Phi) is 4.06. The summed E-state index contributed by atoms with van der Waals surface area (Å²) in [5.41, 5.74) is 1.22. The Morgan fingerprint density at radius 3 is 2.65 bits per heavy atom. The van der Waals surface area contributed by atoms with Crippen molar-refractivity contribution in [2.75, 3.05) is 6.54 Å². The molecule has 1 aromatic carbocycles. The molecule has 1 N–H and O–H groups in total. The predicted molar refractivity (Wildman–Crippen MR) is 71.2 cm³/mol. The molecule has 1 aromatic rings. The average molecular weight is 233 g/mol. The quantitative estimate of drug-likeness (QED) is 0.856. The minimum absolute atomic E-state index is 0.372. The summed E-state index contributed by atoms with van der Waals surface area (Å²) in [4.78, 5) is 2.57. The van der Waals surface area contributed by atoms with E-state index in [-0.39, 0.29) is 0 Å². The molecule has 0 aliphatic heterocycles. The van der Waals surface area contributed by atoms with Crippen molar-refractivity contribution in [2.45, 2.75) is 51.6 Å². The molecule has 0 amide bonds. The molecule has 0 radical (unpaired) electrons. The lowest BCUT2D eigenvalue weighted by molar-refractivity contribution is 0.154. The highest BCUT2D eigenvalue weighted by Gasteiger charge is 2.25. The Labute approximate surface area is 104 Å². The van der Waals surface area contributed by atoms with Gasteiger partial charge in [-0.3, -0.25) is 4.90 Å².